The first-order valence-corrected chi connectivity index (χ1v) is 3.85. The second-order valence-electron chi connectivity index (χ2n) is 2.96. The van der Waals surface area contributed by atoms with Crippen LogP contribution < -0.4 is 0 Å². The largest absolute Gasteiger partial charge is 0.393 e. The van der Waals surface area contributed by atoms with Gasteiger partial charge in [0.1, 0.15) is 0 Å². The summed E-state index contributed by atoms with van der Waals surface area (Å²) in [5.41, 5.74) is 1.74. The number of hydrogen-bond donors (Lipinski definition) is 2. The van der Waals surface area contributed by atoms with Crippen LogP contribution in [0.15, 0.2) is 23.8 Å². The van der Waals surface area contributed by atoms with E-state index in [1.807, 2.05) is 13.0 Å². The minimum atomic E-state index is -0.517. The molecule has 0 bridgehead atoms. The van der Waals surface area contributed by atoms with Crippen molar-refractivity contribution in [3.8, 4) is 0 Å². The van der Waals surface area contributed by atoms with Gasteiger partial charge in [-0.1, -0.05) is 12.7 Å². The lowest BCUT2D eigenvalue weighted by atomic mass is 9.86. The summed E-state index contributed by atoms with van der Waals surface area (Å²) in [6.45, 7) is 5.66. The minimum absolute atomic E-state index is 0.416. The van der Waals surface area contributed by atoms with Crippen LogP contribution in [0.2, 0.25) is 0 Å². The molecule has 0 radical (unpaired) electrons. The van der Waals surface area contributed by atoms with E-state index in [0.29, 0.717) is 12.8 Å². The summed E-state index contributed by atoms with van der Waals surface area (Å²) in [4.78, 5) is 0. The molecule has 2 atom stereocenters. The van der Waals surface area contributed by atoms with Gasteiger partial charge in [0.15, 0.2) is 0 Å². The Hall–Kier alpha value is -0.600. The van der Waals surface area contributed by atoms with E-state index < -0.39 is 12.2 Å². The van der Waals surface area contributed by atoms with Crippen LogP contribution in [-0.4, -0.2) is 22.4 Å². The summed E-state index contributed by atoms with van der Waals surface area (Å²) < 4.78 is 0. The van der Waals surface area contributed by atoms with Gasteiger partial charge in [-0.3, -0.25) is 0 Å². The molecule has 1 aliphatic rings. The average molecular weight is 154 g/mol. The first kappa shape index (κ1) is 8.50. The summed E-state index contributed by atoms with van der Waals surface area (Å²) >= 11 is 0. The minimum Gasteiger partial charge on any atom is -0.393 e. The van der Waals surface area contributed by atoms with Gasteiger partial charge < -0.3 is 10.2 Å². The Bertz CT molecular complexity index is 194. The topological polar surface area (TPSA) is 40.5 Å². The Balaban J connectivity index is 2.75. The van der Waals surface area contributed by atoms with Crippen LogP contribution in [0.1, 0.15) is 19.8 Å². The molecule has 0 unspecified atom stereocenters. The summed E-state index contributed by atoms with van der Waals surface area (Å²) in [7, 11) is 0. The average Bonchev–Trinajstić information content (AvgIpc) is 1.85. The van der Waals surface area contributed by atoms with Gasteiger partial charge in [-0.2, -0.15) is 0 Å². The fourth-order valence-electron chi connectivity index (χ4n) is 1.50. The van der Waals surface area contributed by atoms with Crippen LogP contribution in [0.3, 0.4) is 0 Å². The molecule has 1 saturated carbocycles. The van der Waals surface area contributed by atoms with Gasteiger partial charge in [0.25, 0.3) is 0 Å². The van der Waals surface area contributed by atoms with E-state index in [0.717, 1.165) is 11.1 Å². The fourth-order valence-corrected chi connectivity index (χ4v) is 1.50. The van der Waals surface area contributed by atoms with Gasteiger partial charge in [0.2, 0.25) is 0 Å². The maximum atomic E-state index is 9.42. The van der Waals surface area contributed by atoms with E-state index >= 15 is 0 Å². The van der Waals surface area contributed by atoms with Gasteiger partial charge >= 0.3 is 0 Å². The molecule has 2 nitrogen and oxygen atoms in total. The van der Waals surface area contributed by atoms with Crippen LogP contribution in [0.25, 0.3) is 0 Å². The SMILES string of the molecule is C=C1C[C@@H](O)C[C@H](O)/C1=C\C. The second-order valence-corrected chi connectivity index (χ2v) is 2.96. The lowest BCUT2D eigenvalue weighted by molar-refractivity contribution is 0.0860. The molecule has 0 saturated heterocycles. The maximum Gasteiger partial charge on any atom is 0.0814 e. The molecule has 0 aromatic carbocycles. The predicted molar refractivity (Wildman–Crippen MR) is 44.1 cm³/mol. The normalized spacial score (nSPS) is 36.3. The Morgan fingerprint density at radius 3 is 2.64 bits per heavy atom. The third-order valence-corrected chi connectivity index (χ3v) is 2.06. The van der Waals surface area contributed by atoms with Crippen LogP contribution in [0.4, 0.5) is 0 Å². The molecule has 0 amide bonds. The summed E-state index contributed by atoms with van der Waals surface area (Å²) in [6.07, 6.45) is 1.96. The zero-order valence-electron chi connectivity index (χ0n) is 6.75. The van der Waals surface area contributed by atoms with E-state index in [2.05, 4.69) is 6.58 Å². The van der Waals surface area contributed by atoms with Gasteiger partial charge in [0.05, 0.1) is 12.2 Å². The zero-order chi connectivity index (χ0) is 8.43. The number of hydrogen-bond acceptors (Lipinski definition) is 2. The van der Waals surface area contributed by atoms with Crippen molar-refractivity contribution < 1.29 is 10.2 Å². The molecule has 1 fully saturated rings. The number of allylic oxidation sites excluding steroid dienone is 1. The lowest BCUT2D eigenvalue weighted by Crippen LogP contribution is -2.26. The van der Waals surface area contributed by atoms with E-state index in [1.54, 1.807) is 0 Å². The summed E-state index contributed by atoms with van der Waals surface area (Å²) in [6, 6.07) is 0. The molecule has 0 aromatic heterocycles. The number of aliphatic hydroxyl groups is 2. The Labute approximate surface area is 66.9 Å². The Morgan fingerprint density at radius 2 is 2.18 bits per heavy atom. The second kappa shape index (κ2) is 3.20. The molecule has 62 valence electrons. The smallest absolute Gasteiger partial charge is 0.0814 e. The van der Waals surface area contributed by atoms with Crippen LogP contribution in [-0.2, 0) is 0 Å². The first-order chi connectivity index (χ1) is 5.15. The fraction of sp³-hybridized carbons (Fsp3) is 0.556. The van der Waals surface area contributed by atoms with Crippen LogP contribution >= 0.6 is 0 Å². The predicted octanol–water partition coefficient (Wildman–Crippen LogP) is 1.00. The van der Waals surface area contributed by atoms with Crippen molar-refractivity contribution in [3.05, 3.63) is 23.8 Å². The molecular weight excluding hydrogens is 140 g/mol. The summed E-state index contributed by atoms with van der Waals surface area (Å²) in [5, 5.41) is 18.6. The Kier molecular flexibility index (Phi) is 2.47. The van der Waals surface area contributed by atoms with Crippen molar-refractivity contribution in [1.82, 2.24) is 0 Å². The van der Waals surface area contributed by atoms with E-state index in [-0.39, 0.29) is 0 Å². The molecular formula is C9H14O2. The molecule has 11 heavy (non-hydrogen) atoms. The molecule has 0 heterocycles. The molecule has 0 spiro atoms. The van der Waals surface area contributed by atoms with Gasteiger partial charge in [-0.25, -0.2) is 0 Å². The highest BCUT2D eigenvalue weighted by atomic mass is 16.3. The molecule has 1 rings (SSSR count). The van der Waals surface area contributed by atoms with Crippen LogP contribution in [0.5, 0.6) is 0 Å². The van der Waals surface area contributed by atoms with Crippen molar-refractivity contribution in [3.63, 3.8) is 0 Å². The highest BCUT2D eigenvalue weighted by Crippen LogP contribution is 2.27. The maximum absolute atomic E-state index is 9.42. The molecule has 2 heteroatoms. The quantitative estimate of drug-likeness (QED) is 0.546. The highest BCUT2D eigenvalue weighted by Gasteiger charge is 2.24. The van der Waals surface area contributed by atoms with Gasteiger partial charge in [-0.15, -0.1) is 0 Å². The van der Waals surface area contributed by atoms with E-state index in [4.69, 9.17) is 0 Å². The first-order valence-electron chi connectivity index (χ1n) is 3.85. The van der Waals surface area contributed by atoms with Crippen molar-refractivity contribution in [2.24, 2.45) is 0 Å². The lowest BCUT2D eigenvalue weighted by Gasteiger charge is -2.26. The molecule has 0 aliphatic heterocycles. The van der Waals surface area contributed by atoms with Crippen molar-refractivity contribution in [2.75, 3.05) is 0 Å². The zero-order valence-corrected chi connectivity index (χ0v) is 6.75. The van der Waals surface area contributed by atoms with Gasteiger partial charge in [0, 0.05) is 6.42 Å². The van der Waals surface area contributed by atoms with E-state index in [1.165, 1.54) is 0 Å². The number of rotatable bonds is 0. The van der Waals surface area contributed by atoms with Crippen molar-refractivity contribution >= 4 is 0 Å². The van der Waals surface area contributed by atoms with E-state index in [9.17, 15) is 10.2 Å². The molecule has 2 N–H and O–H groups in total. The monoisotopic (exact) mass is 154 g/mol. The third kappa shape index (κ3) is 1.70. The molecule has 0 aromatic rings. The summed E-state index contributed by atoms with van der Waals surface area (Å²) in [5.74, 6) is 0. The standard InChI is InChI=1S/C9H14O2/c1-3-8-6(2)4-7(10)5-9(8)11/h3,7,9-11H,2,4-5H2,1H3/b8-3-/t7-,9+/m1/s1. The molecule has 1 aliphatic carbocycles. The van der Waals surface area contributed by atoms with Crippen molar-refractivity contribution in [2.45, 2.75) is 32.0 Å². The Morgan fingerprint density at radius 1 is 1.55 bits per heavy atom. The number of aliphatic hydroxyl groups excluding tert-OH is 2. The van der Waals surface area contributed by atoms with Crippen molar-refractivity contribution in [1.29, 1.82) is 0 Å². The van der Waals surface area contributed by atoms with Crippen LogP contribution in [0, 0.1) is 0 Å². The third-order valence-electron chi connectivity index (χ3n) is 2.06. The highest BCUT2D eigenvalue weighted by molar-refractivity contribution is 5.34. The van der Waals surface area contributed by atoms with Gasteiger partial charge in [-0.05, 0) is 24.5 Å².